The average molecular weight is 378 g/mol. The lowest BCUT2D eigenvalue weighted by Crippen LogP contribution is -2.06. The molecule has 0 saturated heterocycles. The molecule has 0 amide bonds. The highest BCUT2D eigenvalue weighted by atomic mass is 127. The number of nitrogens with two attached hydrogens (primary N) is 1. The number of benzene rings is 1. The van der Waals surface area contributed by atoms with Gasteiger partial charge in [-0.1, -0.05) is 59.5 Å². The second-order valence-electron chi connectivity index (χ2n) is 4.70. The second kappa shape index (κ2) is 7.45. The molecule has 0 bridgehead atoms. The highest BCUT2D eigenvalue weighted by molar-refractivity contribution is 14.1. The van der Waals surface area contributed by atoms with Gasteiger partial charge >= 0.3 is 0 Å². The Kier molecular flexibility index (Phi) is 5.61. The Bertz CT molecular complexity index is 565. The van der Waals surface area contributed by atoms with Gasteiger partial charge in [0, 0.05) is 5.69 Å². The molecule has 0 unspecified atom stereocenters. The molecular formula is C17H19IN2. The summed E-state index contributed by atoms with van der Waals surface area (Å²) >= 11 is 2.28. The third kappa shape index (κ3) is 3.41. The van der Waals surface area contributed by atoms with Crippen molar-refractivity contribution in [2.75, 3.05) is 5.43 Å². The summed E-state index contributed by atoms with van der Waals surface area (Å²) in [4.78, 5) is 0. The van der Waals surface area contributed by atoms with Crippen LogP contribution in [0.2, 0.25) is 0 Å². The minimum absolute atomic E-state index is 0.922. The summed E-state index contributed by atoms with van der Waals surface area (Å²) in [5, 5.41) is 0. The molecule has 1 aliphatic carbocycles. The monoisotopic (exact) mass is 378 g/mol. The Labute approximate surface area is 134 Å². The van der Waals surface area contributed by atoms with Crippen LogP contribution < -0.4 is 11.3 Å². The number of rotatable bonds is 4. The van der Waals surface area contributed by atoms with E-state index in [1.165, 1.54) is 28.7 Å². The van der Waals surface area contributed by atoms with Gasteiger partial charge in [-0.15, -0.1) is 0 Å². The van der Waals surface area contributed by atoms with Crippen LogP contribution in [0.4, 0.5) is 5.69 Å². The van der Waals surface area contributed by atoms with Gasteiger partial charge in [0.2, 0.25) is 0 Å². The molecule has 0 fully saturated rings. The van der Waals surface area contributed by atoms with Gasteiger partial charge in [0.1, 0.15) is 0 Å². The lowest BCUT2D eigenvalue weighted by Gasteiger charge is -2.22. The van der Waals surface area contributed by atoms with Crippen LogP contribution in [0.25, 0.3) is 5.57 Å². The SMILES string of the molecule is C=CC=C1CCCC(/C=C/I)=C1c1ccc(NN)cc1. The molecule has 0 radical (unpaired) electrons. The lowest BCUT2D eigenvalue weighted by molar-refractivity contribution is 0.806. The van der Waals surface area contributed by atoms with Crippen molar-refractivity contribution in [3.8, 4) is 0 Å². The van der Waals surface area contributed by atoms with E-state index in [1.807, 2.05) is 18.2 Å². The Morgan fingerprint density at radius 2 is 1.95 bits per heavy atom. The van der Waals surface area contributed by atoms with Crippen LogP contribution in [0.15, 0.2) is 64.3 Å². The number of hydrazine groups is 1. The van der Waals surface area contributed by atoms with Gasteiger partial charge in [-0.2, -0.15) is 0 Å². The van der Waals surface area contributed by atoms with Gasteiger partial charge in [0.15, 0.2) is 0 Å². The molecule has 0 heterocycles. The fourth-order valence-electron chi connectivity index (χ4n) is 2.58. The van der Waals surface area contributed by atoms with E-state index < -0.39 is 0 Å². The van der Waals surface area contributed by atoms with E-state index in [4.69, 9.17) is 5.84 Å². The maximum atomic E-state index is 5.43. The van der Waals surface area contributed by atoms with E-state index in [1.54, 1.807) is 0 Å². The zero-order valence-corrected chi connectivity index (χ0v) is 13.6. The highest BCUT2D eigenvalue weighted by Crippen LogP contribution is 2.37. The maximum absolute atomic E-state index is 5.43. The molecular weight excluding hydrogens is 359 g/mol. The van der Waals surface area contributed by atoms with Crippen molar-refractivity contribution >= 4 is 33.9 Å². The van der Waals surface area contributed by atoms with Crippen molar-refractivity contribution in [2.45, 2.75) is 19.3 Å². The molecule has 0 saturated carbocycles. The molecule has 1 aliphatic rings. The highest BCUT2D eigenvalue weighted by Gasteiger charge is 2.17. The van der Waals surface area contributed by atoms with Crippen molar-refractivity contribution < 1.29 is 0 Å². The normalized spacial score (nSPS) is 17.8. The first kappa shape index (κ1) is 15.1. The van der Waals surface area contributed by atoms with Crippen molar-refractivity contribution in [1.82, 2.24) is 0 Å². The predicted octanol–water partition coefficient (Wildman–Crippen LogP) is 4.97. The van der Waals surface area contributed by atoms with Crippen molar-refractivity contribution in [3.63, 3.8) is 0 Å². The lowest BCUT2D eigenvalue weighted by atomic mass is 9.83. The summed E-state index contributed by atoms with van der Waals surface area (Å²) < 4.78 is 2.08. The molecule has 1 aromatic rings. The molecule has 0 atom stereocenters. The Morgan fingerprint density at radius 3 is 2.55 bits per heavy atom. The van der Waals surface area contributed by atoms with Gasteiger partial charge in [0.25, 0.3) is 0 Å². The zero-order valence-electron chi connectivity index (χ0n) is 11.4. The summed E-state index contributed by atoms with van der Waals surface area (Å²) in [6, 6.07) is 8.25. The van der Waals surface area contributed by atoms with Gasteiger partial charge in [-0.05, 0) is 57.8 Å². The summed E-state index contributed by atoms with van der Waals surface area (Å²) in [6.07, 6.45) is 9.65. The van der Waals surface area contributed by atoms with Crippen LogP contribution >= 0.6 is 22.6 Å². The third-order valence-corrected chi connectivity index (χ3v) is 3.82. The van der Waals surface area contributed by atoms with E-state index in [2.05, 4.69) is 63.0 Å². The van der Waals surface area contributed by atoms with E-state index in [0.29, 0.717) is 0 Å². The van der Waals surface area contributed by atoms with Crippen LogP contribution in [0.5, 0.6) is 0 Å². The average Bonchev–Trinajstić information content (AvgIpc) is 2.48. The summed E-state index contributed by atoms with van der Waals surface area (Å²) in [6.45, 7) is 3.84. The van der Waals surface area contributed by atoms with Crippen LogP contribution in [0.1, 0.15) is 24.8 Å². The number of hydrogen-bond donors (Lipinski definition) is 2. The van der Waals surface area contributed by atoms with Crippen LogP contribution in [0.3, 0.4) is 0 Å². The molecule has 0 spiro atoms. The number of hydrogen-bond acceptors (Lipinski definition) is 2. The first-order valence-electron chi connectivity index (χ1n) is 6.69. The Balaban J connectivity index is 2.53. The van der Waals surface area contributed by atoms with Crippen LogP contribution in [-0.4, -0.2) is 0 Å². The summed E-state index contributed by atoms with van der Waals surface area (Å²) in [5.74, 6) is 5.43. The molecule has 3 heteroatoms. The van der Waals surface area contributed by atoms with E-state index in [-0.39, 0.29) is 0 Å². The van der Waals surface area contributed by atoms with Crippen molar-refractivity contribution in [2.24, 2.45) is 5.84 Å². The van der Waals surface area contributed by atoms with Gasteiger partial charge in [-0.3, -0.25) is 5.84 Å². The van der Waals surface area contributed by atoms with Crippen molar-refractivity contribution in [3.05, 3.63) is 69.9 Å². The minimum atomic E-state index is 0.922. The topological polar surface area (TPSA) is 38.0 Å². The van der Waals surface area contributed by atoms with Crippen LogP contribution in [0, 0.1) is 0 Å². The predicted molar refractivity (Wildman–Crippen MR) is 96.5 cm³/mol. The molecule has 0 aliphatic heterocycles. The molecule has 3 N–H and O–H groups in total. The fourth-order valence-corrected chi connectivity index (χ4v) is 3.02. The minimum Gasteiger partial charge on any atom is -0.324 e. The largest absolute Gasteiger partial charge is 0.324 e. The molecule has 2 nitrogen and oxygen atoms in total. The number of nitrogen functional groups attached to an aromatic ring is 1. The Hall–Kier alpha value is -1.33. The first-order chi connectivity index (χ1) is 9.80. The fraction of sp³-hybridized carbons (Fsp3) is 0.176. The van der Waals surface area contributed by atoms with Gasteiger partial charge < -0.3 is 5.43 Å². The van der Waals surface area contributed by atoms with Crippen molar-refractivity contribution in [1.29, 1.82) is 0 Å². The molecule has 1 aromatic carbocycles. The van der Waals surface area contributed by atoms with E-state index in [0.717, 1.165) is 18.5 Å². The number of nitrogens with one attached hydrogen (secondary N) is 1. The standard InChI is InChI=1S/C17H19IN2/c1-2-4-13-5-3-6-14(11-12-18)17(13)15-7-9-16(20-19)10-8-15/h2,4,7-12,20H,1,3,5-6,19H2/b12-11+,13-4?. The van der Waals surface area contributed by atoms with Gasteiger partial charge in [0.05, 0.1) is 0 Å². The smallest absolute Gasteiger partial charge is 0.0485 e. The zero-order chi connectivity index (χ0) is 14.4. The Morgan fingerprint density at radius 1 is 1.20 bits per heavy atom. The summed E-state index contributed by atoms with van der Waals surface area (Å²) in [7, 11) is 0. The molecule has 2 rings (SSSR count). The quantitative estimate of drug-likeness (QED) is 0.441. The molecule has 0 aromatic heterocycles. The van der Waals surface area contributed by atoms with E-state index in [9.17, 15) is 0 Å². The number of halogens is 1. The van der Waals surface area contributed by atoms with E-state index >= 15 is 0 Å². The molecule has 104 valence electrons. The number of anilines is 1. The van der Waals surface area contributed by atoms with Crippen LogP contribution in [-0.2, 0) is 0 Å². The van der Waals surface area contributed by atoms with Gasteiger partial charge in [-0.25, -0.2) is 0 Å². The summed E-state index contributed by atoms with van der Waals surface area (Å²) in [5.41, 5.74) is 8.93. The second-order valence-corrected chi connectivity index (χ2v) is 5.41. The third-order valence-electron chi connectivity index (χ3n) is 3.46. The maximum Gasteiger partial charge on any atom is 0.0485 e. The number of allylic oxidation sites excluding steroid dienone is 6. The molecule has 20 heavy (non-hydrogen) atoms. The first-order valence-corrected chi connectivity index (χ1v) is 7.93.